The molecule has 1 aromatic rings. The zero-order valence-electron chi connectivity index (χ0n) is 14.0. The molecular formula is C19H22O3S. The summed E-state index contributed by atoms with van der Waals surface area (Å²) in [5.41, 5.74) is 2.29. The van der Waals surface area contributed by atoms with E-state index in [-0.39, 0.29) is 23.0 Å². The van der Waals surface area contributed by atoms with Gasteiger partial charge >= 0.3 is 0 Å². The second-order valence-corrected chi connectivity index (χ2v) is 9.94. The van der Waals surface area contributed by atoms with Crippen LogP contribution in [0.2, 0.25) is 0 Å². The van der Waals surface area contributed by atoms with Crippen molar-refractivity contribution in [1.29, 1.82) is 0 Å². The summed E-state index contributed by atoms with van der Waals surface area (Å²) in [4.78, 5) is 13.2. The molecule has 0 amide bonds. The van der Waals surface area contributed by atoms with E-state index in [1.165, 1.54) is 0 Å². The van der Waals surface area contributed by atoms with E-state index >= 15 is 0 Å². The van der Waals surface area contributed by atoms with Crippen molar-refractivity contribution in [2.75, 3.05) is 0 Å². The summed E-state index contributed by atoms with van der Waals surface area (Å²) in [6, 6.07) is 3.80. The molecule has 3 aliphatic rings. The molecule has 0 aromatic heterocycles. The minimum absolute atomic E-state index is 0.0381. The molecule has 1 aromatic carbocycles. The van der Waals surface area contributed by atoms with E-state index in [1.807, 2.05) is 39.8 Å². The van der Waals surface area contributed by atoms with Gasteiger partial charge in [-0.1, -0.05) is 36.8 Å². The fraction of sp³-hybridized carbons (Fsp3) is 0.526. The van der Waals surface area contributed by atoms with Gasteiger partial charge in [0.1, 0.15) is 4.75 Å². The van der Waals surface area contributed by atoms with Crippen molar-refractivity contribution in [3.8, 4) is 0 Å². The Balaban J connectivity index is 1.94. The number of aryl methyl sites for hydroxylation is 3. The normalized spacial score (nSPS) is 37.8. The molecule has 0 radical (unpaired) electrons. The quantitative estimate of drug-likeness (QED) is 0.782. The number of carbonyl (C=O) groups is 1. The first-order chi connectivity index (χ1) is 10.7. The molecule has 0 spiro atoms. The Morgan fingerprint density at radius 1 is 1.13 bits per heavy atom. The monoisotopic (exact) mass is 330 g/mol. The summed E-state index contributed by atoms with van der Waals surface area (Å²) in [6.45, 7) is 7.68. The summed E-state index contributed by atoms with van der Waals surface area (Å²) in [5.74, 6) is -0.153. The summed E-state index contributed by atoms with van der Waals surface area (Å²) in [7, 11) is -3.67. The van der Waals surface area contributed by atoms with Crippen LogP contribution in [-0.2, 0) is 14.6 Å². The maximum Gasteiger partial charge on any atom is 0.192 e. The molecule has 122 valence electrons. The van der Waals surface area contributed by atoms with Crippen LogP contribution in [-0.4, -0.2) is 18.9 Å². The van der Waals surface area contributed by atoms with Gasteiger partial charge in [0.15, 0.2) is 15.6 Å². The van der Waals surface area contributed by atoms with Gasteiger partial charge in [-0.3, -0.25) is 4.79 Å². The topological polar surface area (TPSA) is 51.2 Å². The fourth-order valence-electron chi connectivity index (χ4n) is 5.59. The van der Waals surface area contributed by atoms with Gasteiger partial charge in [-0.2, -0.15) is 0 Å². The lowest BCUT2D eigenvalue weighted by atomic mass is 9.78. The summed E-state index contributed by atoms with van der Waals surface area (Å²) in [5, 5.41) is 0. The molecule has 0 aliphatic heterocycles. The third kappa shape index (κ3) is 1.56. The number of hydrogen-bond acceptors (Lipinski definition) is 3. The predicted octanol–water partition coefficient (Wildman–Crippen LogP) is 3.31. The number of allylic oxidation sites excluding steroid dienone is 2. The third-order valence-electron chi connectivity index (χ3n) is 6.20. The van der Waals surface area contributed by atoms with Gasteiger partial charge in [-0.05, 0) is 49.7 Å². The molecule has 0 bridgehead atoms. The first-order valence-electron chi connectivity index (χ1n) is 8.20. The van der Waals surface area contributed by atoms with Gasteiger partial charge in [0.05, 0.1) is 4.90 Å². The number of Topliss-reactive ketones (excluding diaryl/α,β-unsaturated/α-hetero) is 1. The Morgan fingerprint density at radius 2 is 1.74 bits per heavy atom. The van der Waals surface area contributed by atoms with E-state index in [9.17, 15) is 13.2 Å². The van der Waals surface area contributed by atoms with Crippen LogP contribution < -0.4 is 0 Å². The van der Waals surface area contributed by atoms with Crippen molar-refractivity contribution >= 4 is 15.6 Å². The van der Waals surface area contributed by atoms with E-state index in [4.69, 9.17) is 0 Å². The molecule has 4 atom stereocenters. The van der Waals surface area contributed by atoms with E-state index in [0.717, 1.165) is 16.7 Å². The average Bonchev–Trinajstić information content (AvgIpc) is 3.02. The molecule has 2 saturated carbocycles. The minimum atomic E-state index is -3.67. The number of carbonyl (C=O) groups excluding carboxylic acids is 1. The van der Waals surface area contributed by atoms with Crippen molar-refractivity contribution in [3.63, 3.8) is 0 Å². The van der Waals surface area contributed by atoms with E-state index in [0.29, 0.717) is 17.7 Å². The van der Waals surface area contributed by atoms with Crippen LogP contribution in [0.4, 0.5) is 0 Å². The molecule has 4 rings (SSSR count). The fourth-order valence-corrected chi connectivity index (χ4v) is 8.60. The highest BCUT2D eigenvalue weighted by Gasteiger charge is 2.84. The van der Waals surface area contributed by atoms with Crippen LogP contribution >= 0.6 is 0 Å². The van der Waals surface area contributed by atoms with Crippen LogP contribution in [0.5, 0.6) is 0 Å². The second kappa shape index (κ2) is 4.15. The molecule has 23 heavy (non-hydrogen) atoms. The molecule has 3 nitrogen and oxygen atoms in total. The highest BCUT2D eigenvalue weighted by molar-refractivity contribution is 7.94. The van der Waals surface area contributed by atoms with Gasteiger partial charge in [-0.15, -0.1) is 0 Å². The lowest BCUT2D eigenvalue weighted by molar-refractivity contribution is -0.119. The van der Waals surface area contributed by atoms with E-state index < -0.39 is 14.6 Å². The maximum absolute atomic E-state index is 13.6. The maximum atomic E-state index is 13.6. The lowest BCUT2D eigenvalue weighted by Gasteiger charge is -2.25. The summed E-state index contributed by atoms with van der Waals surface area (Å²) < 4.78 is 26.0. The van der Waals surface area contributed by atoms with E-state index in [2.05, 4.69) is 12.2 Å². The molecule has 3 aliphatic carbocycles. The largest absolute Gasteiger partial charge is 0.298 e. The van der Waals surface area contributed by atoms with Crippen molar-refractivity contribution in [2.24, 2.45) is 17.3 Å². The van der Waals surface area contributed by atoms with Gasteiger partial charge in [0.25, 0.3) is 0 Å². The standard InChI is InChI=1S/C19H22O3S/c1-11-8-12(2)16(13(3)9-11)23(21,22)19-14-6-5-7-18(4,17(14)19)10-15(19)20/h5,7-9,14,17H,6,10H2,1-4H3/t14-,17-,18-,19-/m1/s1. The zero-order chi connectivity index (χ0) is 16.8. The van der Waals surface area contributed by atoms with Gasteiger partial charge in [0.2, 0.25) is 0 Å². The Labute approximate surface area is 137 Å². The summed E-state index contributed by atoms with van der Waals surface area (Å²) >= 11 is 0. The average molecular weight is 330 g/mol. The molecular weight excluding hydrogens is 308 g/mol. The molecule has 4 heteroatoms. The number of benzene rings is 1. The first-order valence-corrected chi connectivity index (χ1v) is 9.68. The highest BCUT2D eigenvalue weighted by atomic mass is 32.2. The van der Waals surface area contributed by atoms with Crippen molar-refractivity contribution in [1.82, 2.24) is 0 Å². The zero-order valence-corrected chi connectivity index (χ0v) is 14.8. The van der Waals surface area contributed by atoms with Gasteiger partial charge < -0.3 is 0 Å². The van der Waals surface area contributed by atoms with Gasteiger partial charge in [0, 0.05) is 12.3 Å². The van der Waals surface area contributed by atoms with Crippen molar-refractivity contribution in [3.05, 3.63) is 41.0 Å². The Bertz CT molecular complexity index is 857. The number of sulfone groups is 1. The van der Waals surface area contributed by atoms with Crippen LogP contribution in [0.1, 0.15) is 36.5 Å². The SMILES string of the molecule is Cc1cc(C)c(S(=O)(=O)[C@@]23C(=O)C[C@@]4(C)C=CC[C@@H]2[C@@H]34)c(C)c1. The molecule has 0 saturated heterocycles. The highest BCUT2D eigenvalue weighted by Crippen LogP contribution is 2.75. The van der Waals surface area contributed by atoms with Crippen LogP contribution in [0.25, 0.3) is 0 Å². The van der Waals surface area contributed by atoms with Gasteiger partial charge in [-0.25, -0.2) is 8.42 Å². The first kappa shape index (κ1) is 15.1. The number of rotatable bonds is 2. The molecule has 2 fully saturated rings. The third-order valence-corrected chi connectivity index (χ3v) is 9.06. The van der Waals surface area contributed by atoms with Crippen LogP contribution in [0.15, 0.2) is 29.2 Å². The summed E-state index contributed by atoms with van der Waals surface area (Å²) in [6.07, 6.45) is 5.20. The minimum Gasteiger partial charge on any atom is -0.298 e. The molecule has 0 heterocycles. The van der Waals surface area contributed by atoms with Crippen molar-refractivity contribution in [2.45, 2.75) is 50.2 Å². The van der Waals surface area contributed by atoms with Crippen LogP contribution in [0, 0.1) is 38.0 Å². The second-order valence-electron chi connectivity index (χ2n) is 7.85. The van der Waals surface area contributed by atoms with E-state index in [1.54, 1.807) is 0 Å². The smallest absolute Gasteiger partial charge is 0.192 e. The Hall–Kier alpha value is -1.42. The molecule has 0 N–H and O–H groups in total. The predicted molar refractivity (Wildman–Crippen MR) is 89.0 cm³/mol. The lowest BCUT2D eigenvalue weighted by Crippen LogP contribution is -2.34. The Morgan fingerprint density at radius 3 is 2.30 bits per heavy atom. The molecule has 0 unspecified atom stereocenters. The number of ketones is 1. The number of fused-ring (bicyclic) bond motifs is 1. The Kier molecular flexibility index (Phi) is 2.73. The number of hydrogen-bond donors (Lipinski definition) is 0. The van der Waals surface area contributed by atoms with Crippen molar-refractivity contribution < 1.29 is 13.2 Å². The van der Waals surface area contributed by atoms with Crippen LogP contribution in [0.3, 0.4) is 0 Å².